The van der Waals surface area contributed by atoms with Gasteiger partial charge >= 0.3 is 0 Å². The molecular formula is C13H22N2S. The summed E-state index contributed by atoms with van der Waals surface area (Å²) in [7, 11) is 0. The summed E-state index contributed by atoms with van der Waals surface area (Å²) in [5, 5.41) is 7.08. The molecule has 1 aliphatic carbocycles. The molecule has 16 heavy (non-hydrogen) atoms. The second kappa shape index (κ2) is 5.78. The molecule has 1 aromatic heterocycles. The average molecular weight is 238 g/mol. The molecule has 1 aromatic rings. The van der Waals surface area contributed by atoms with Crippen LogP contribution in [0.25, 0.3) is 0 Å². The van der Waals surface area contributed by atoms with Crippen molar-refractivity contribution in [2.24, 2.45) is 5.92 Å². The second-order valence-electron chi connectivity index (χ2n) is 4.87. The molecule has 0 amide bonds. The standard InChI is InChI=1S/C13H22N2S/c1-3-11-4-5-12(8-11)14-7-6-13-15-10(2)9-16-13/h9,11-12,14H,3-8H2,1-2H3. The van der Waals surface area contributed by atoms with Crippen molar-refractivity contribution in [3.05, 3.63) is 16.1 Å². The fraction of sp³-hybridized carbons (Fsp3) is 0.769. The van der Waals surface area contributed by atoms with Gasteiger partial charge in [-0.05, 0) is 32.1 Å². The summed E-state index contributed by atoms with van der Waals surface area (Å²) >= 11 is 1.79. The van der Waals surface area contributed by atoms with Gasteiger partial charge in [-0.2, -0.15) is 0 Å². The third-order valence-electron chi connectivity index (χ3n) is 3.56. The lowest BCUT2D eigenvalue weighted by Crippen LogP contribution is -2.28. The van der Waals surface area contributed by atoms with Crippen LogP contribution in [-0.4, -0.2) is 17.6 Å². The van der Waals surface area contributed by atoms with Crippen LogP contribution in [0.5, 0.6) is 0 Å². The first-order chi connectivity index (χ1) is 7.78. The smallest absolute Gasteiger partial charge is 0.0940 e. The lowest BCUT2D eigenvalue weighted by Gasteiger charge is -2.11. The highest BCUT2D eigenvalue weighted by Crippen LogP contribution is 2.27. The Balaban J connectivity index is 1.65. The highest BCUT2D eigenvalue weighted by Gasteiger charge is 2.22. The minimum absolute atomic E-state index is 0.769. The molecule has 0 saturated heterocycles. The first-order valence-electron chi connectivity index (χ1n) is 6.42. The van der Waals surface area contributed by atoms with Gasteiger partial charge in [0.25, 0.3) is 0 Å². The number of nitrogens with zero attached hydrogens (tertiary/aromatic N) is 1. The summed E-state index contributed by atoms with van der Waals surface area (Å²) in [5.74, 6) is 0.972. The molecule has 0 radical (unpaired) electrons. The maximum absolute atomic E-state index is 4.48. The minimum Gasteiger partial charge on any atom is -0.314 e. The van der Waals surface area contributed by atoms with E-state index in [2.05, 4.69) is 29.5 Å². The van der Waals surface area contributed by atoms with Crippen molar-refractivity contribution in [1.82, 2.24) is 10.3 Å². The molecule has 2 atom stereocenters. The summed E-state index contributed by atoms with van der Waals surface area (Å²) in [5.41, 5.74) is 1.16. The number of rotatable bonds is 5. The Morgan fingerprint density at radius 3 is 3.00 bits per heavy atom. The monoisotopic (exact) mass is 238 g/mol. The average Bonchev–Trinajstić information content (AvgIpc) is 2.88. The highest BCUT2D eigenvalue weighted by molar-refractivity contribution is 7.09. The van der Waals surface area contributed by atoms with Crippen molar-refractivity contribution in [2.75, 3.05) is 6.54 Å². The lowest BCUT2D eigenvalue weighted by atomic mass is 10.1. The molecule has 0 aliphatic heterocycles. The van der Waals surface area contributed by atoms with Crippen LogP contribution in [0.3, 0.4) is 0 Å². The van der Waals surface area contributed by atoms with E-state index in [1.807, 2.05) is 0 Å². The molecule has 0 bridgehead atoms. The second-order valence-corrected chi connectivity index (χ2v) is 5.81. The molecule has 1 aliphatic rings. The van der Waals surface area contributed by atoms with Gasteiger partial charge in [-0.25, -0.2) is 4.98 Å². The van der Waals surface area contributed by atoms with Gasteiger partial charge in [0.15, 0.2) is 0 Å². The van der Waals surface area contributed by atoms with Crippen LogP contribution < -0.4 is 5.32 Å². The van der Waals surface area contributed by atoms with E-state index in [1.54, 1.807) is 11.3 Å². The number of aromatic nitrogens is 1. The Kier molecular flexibility index (Phi) is 4.36. The Hall–Kier alpha value is -0.410. The van der Waals surface area contributed by atoms with E-state index < -0.39 is 0 Å². The van der Waals surface area contributed by atoms with Gasteiger partial charge in [-0.3, -0.25) is 0 Å². The summed E-state index contributed by atoms with van der Waals surface area (Å²) < 4.78 is 0. The summed E-state index contributed by atoms with van der Waals surface area (Å²) in [6.45, 7) is 5.47. The molecular weight excluding hydrogens is 216 g/mol. The van der Waals surface area contributed by atoms with Gasteiger partial charge in [-0.1, -0.05) is 13.3 Å². The topological polar surface area (TPSA) is 24.9 Å². The predicted octanol–water partition coefficient (Wildman–Crippen LogP) is 3.16. The largest absolute Gasteiger partial charge is 0.314 e. The van der Waals surface area contributed by atoms with Crippen LogP contribution in [0.2, 0.25) is 0 Å². The van der Waals surface area contributed by atoms with Crippen molar-refractivity contribution in [3.8, 4) is 0 Å². The summed E-state index contributed by atoms with van der Waals surface area (Å²) in [6.07, 6.45) is 6.61. The van der Waals surface area contributed by atoms with E-state index in [4.69, 9.17) is 0 Å². The van der Waals surface area contributed by atoms with Crippen LogP contribution in [0.15, 0.2) is 5.38 Å². The normalized spacial score (nSPS) is 25.1. The minimum atomic E-state index is 0.769. The van der Waals surface area contributed by atoms with Crippen molar-refractivity contribution < 1.29 is 0 Å². The number of hydrogen-bond donors (Lipinski definition) is 1. The molecule has 1 saturated carbocycles. The van der Waals surface area contributed by atoms with Crippen LogP contribution in [0.1, 0.15) is 43.3 Å². The van der Waals surface area contributed by atoms with E-state index in [-0.39, 0.29) is 0 Å². The maximum atomic E-state index is 4.48. The molecule has 2 rings (SSSR count). The van der Waals surface area contributed by atoms with Crippen molar-refractivity contribution >= 4 is 11.3 Å². The van der Waals surface area contributed by atoms with E-state index in [1.165, 1.54) is 30.7 Å². The molecule has 1 heterocycles. The van der Waals surface area contributed by atoms with Crippen LogP contribution in [-0.2, 0) is 6.42 Å². The lowest BCUT2D eigenvalue weighted by molar-refractivity contribution is 0.479. The molecule has 0 aromatic carbocycles. The van der Waals surface area contributed by atoms with Crippen LogP contribution in [0.4, 0.5) is 0 Å². The SMILES string of the molecule is CCC1CCC(NCCc2nc(C)cs2)C1. The highest BCUT2D eigenvalue weighted by atomic mass is 32.1. The fourth-order valence-corrected chi connectivity index (χ4v) is 3.31. The zero-order chi connectivity index (χ0) is 11.4. The Bertz CT molecular complexity index is 321. The number of hydrogen-bond acceptors (Lipinski definition) is 3. The van der Waals surface area contributed by atoms with E-state index >= 15 is 0 Å². The van der Waals surface area contributed by atoms with Gasteiger partial charge in [0.05, 0.1) is 5.01 Å². The van der Waals surface area contributed by atoms with Crippen molar-refractivity contribution in [1.29, 1.82) is 0 Å². The van der Waals surface area contributed by atoms with E-state index in [0.717, 1.165) is 30.6 Å². The molecule has 3 heteroatoms. The Morgan fingerprint density at radius 2 is 2.38 bits per heavy atom. The fourth-order valence-electron chi connectivity index (χ4n) is 2.53. The predicted molar refractivity (Wildman–Crippen MR) is 70.0 cm³/mol. The van der Waals surface area contributed by atoms with Crippen LogP contribution >= 0.6 is 11.3 Å². The van der Waals surface area contributed by atoms with Crippen molar-refractivity contribution in [2.45, 2.75) is 52.0 Å². The van der Waals surface area contributed by atoms with Gasteiger partial charge in [-0.15, -0.1) is 11.3 Å². The van der Waals surface area contributed by atoms with E-state index in [9.17, 15) is 0 Å². The van der Waals surface area contributed by atoms with Crippen LogP contribution in [0, 0.1) is 12.8 Å². The molecule has 2 unspecified atom stereocenters. The molecule has 0 spiro atoms. The van der Waals surface area contributed by atoms with Crippen molar-refractivity contribution in [3.63, 3.8) is 0 Å². The van der Waals surface area contributed by atoms with E-state index in [0.29, 0.717) is 0 Å². The Morgan fingerprint density at radius 1 is 1.50 bits per heavy atom. The molecule has 1 fully saturated rings. The Labute approximate surface area is 102 Å². The quantitative estimate of drug-likeness (QED) is 0.852. The van der Waals surface area contributed by atoms with Gasteiger partial charge < -0.3 is 5.32 Å². The molecule has 2 nitrogen and oxygen atoms in total. The third-order valence-corrected chi connectivity index (χ3v) is 4.58. The third kappa shape index (κ3) is 3.29. The number of nitrogens with one attached hydrogen (secondary N) is 1. The zero-order valence-electron chi connectivity index (χ0n) is 10.3. The first kappa shape index (κ1) is 12.1. The first-order valence-corrected chi connectivity index (χ1v) is 7.30. The number of thiazole rings is 1. The van der Waals surface area contributed by atoms with Gasteiger partial charge in [0, 0.05) is 30.1 Å². The summed E-state index contributed by atoms with van der Waals surface area (Å²) in [6, 6.07) is 0.769. The van der Waals surface area contributed by atoms with Gasteiger partial charge in [0.2, 0.25) is 0 Å². The molecule has 1 N–H and O–H groups in total. The molecule has 90 valence electrons. The van der Waals surface area contributed by atoms with Gasteiger partial charge in [0.1, 0.15) is 0 Å². The summed E-state index contributed by atoms with van der Waals surface area (Å²) in [4.78, 5) is 4.48. The number of aryl methyl sites for hydroxylation is 1. The maximum Gasteiger partial charge on any atom is 0.0940 e. The zero-order valence-corrected chi connectivity index (χ0v) is 11.1.